The molecule has 0 atom stereocenters. The van der Waals surface area contributed by atoms with Crippen molar-refractivity contribution in [1.29, 1.82) is 0 Å². The predicted octanol–water partition coefficient (Wildman–Crippen LogP) is 1.65. The third-order valence-corrected chi connectivity index (χ3v) is 3.13. The van der Waals surface area contributed by atoms with Crippen molar-refractivity contribution in [3.05, 3.63) is 17.7 Å². The summed E-state index contributed by atoms with van der Waals surface area (Å²) in [4.78, 5) is 12.2. The van der Waals surface area contributed by atoms with Gasteiger partial charge in [-0.2, -0.15) is 0 Å². The van der Waals surface area contributed by atoms with Crippen LogP contribution in [0.4, 0.5) is 0 Å². The first-order valence-electron chi connectivity index (χ1n) is 6.26. The van der Waals surface area contributed by atoms with E-state index in [1.807, 2.05) is 0 Å². The lowest BCUT2D eigenvalue weighted by Gasteiger charge is -2.13. The molecule has 1 aromatic carbocycles. The number of methoxy groups -OCH3 is 3. The highest BCUT2D eigenvalue weighted by Crippen LogP contribution is 2.34. The summed E-state index contributed by atoms with van der Waals surface area (Å²) >= 11 is 0. The maximum absolute atomic E-state index is 12.2. The zero-order valence-corrected chi connectivity index (χ0v) is 11.5. The van der Waals surface area contributed by atoms with Gasteiger partial charge in [0, 0.05) is 12.1 Å². The van der Waals surface area contributed by atoms with Gasteiger partial charge in [-0.25, -0.2) is 0 Å². The summed E-state index contributed by atoms with van der Waals surface area (Å²) in [5.74, 6) is 1.56. The molecular formula is C14H19NO4. The van der Waals surface area contributed by atoms with Crippen LogP contribution in [0.2, 0.25) is 0 Å². The van der Waals surface area contributed by atoms with Gasteiger partial charge in [-0.15, -0.1) is 0 Å². The molecule has 1 saturated carbocycles. The molecule has 0 aromatic heterocycles. The molecular weight excluding hydrogens is 246 g/mol. The lowest BCUT2D eigenvalue weighted by molar-refractivity contribution is 0.0987. The minimum Gasteiger partial charge on any atom is -0.496 e. The van der Waals surface area contributed by atoms with Gasteiger partial charge in [-0.05, 0) is 18.9 Å². The van der Waals surface area contributed by atoms with E-state index in [-0.39, 0.29) is 5.78 Å². The van der Waals surface area contributed by atoms with Gasteiger partial charge in [0.1, 0.15) is 5.75 Å². The van der Waals surface area contributed by atoms with Crippen LogP contribution in [-0.4, -0.2) is 39.7 Å². The molecule has 5 heteroatoms. The Morgan fingerprint density at radius 1 is 1.11 bits per heavy atom. The van der Waals surface area contributed by atoms with Gasteiger partial charge in [0.15, 0.2) is 17.3 Å². The van der Waals surface area contributed by atoms with Gasteiger partial charge in [-0.3, -0.25) is 4.79 Å². The van der Waals surface area contributed by atoms with Crippen LogP contribution in [0.25, 0.3) is 0 Å². The summed E-state index contributed by atoms with van der Waals surface area (Å²) in [6.45, 7) is 0.316. The third kappa shape index (κ3) is 3.17. The van der Waals surface area contributed by atoms with E-state index in [1.54, 1.807) is 26.4 Å². The van der Waals surface area contributed by atoms with Crippen molar-refractivity contribution in [1.82, 2.24) is 5.32 Å². The van der Waals surface area contributed by atoms with Crippen LogP contribution in [-0.2, 0) is 0 Å². The summed E-state index contributed by atoms with van der Waals surface area (Å²) in [6, 6.07) is 3.83. The van der Waals surface area contributed by atoms with Crippen molar-refractivity contribution in [2.45, 2.75) is 18.9 Å². The second-order valence-electron chi connectivity index (χ2n) is 4.49. The Morgan fingerprint density at radius 2 is 1.68 bits per heavy atom. The Morgan fingerprint density at radius 3 is 2.21 bits per heavy atom. The van der Waals surface area contributed by atoms with E-state index in [0.29, 0.717) is 35.4 Å². The van der Waals surface area contributed by atoms with Gasteiger partial charge < -0.3 is 19.5 Å². The monoisotopic (exact) mass is 265 g/mol. The van der Waals surface area contributed by atoms with Crippen LogP contribution in [0, 0.1) is 0 Å². The number of hydrogen-bond donors (Lipinski definition) is 1. The lowest BCUT2D eigenvalue weighted by atomic mass is 10.1. The molecule has 0 amide bonds. The second kappa shape index (κ2) is 5.93. The third-order valence-electron chi connectivity index (χ3n) is 3.13. The smallest absolute Gasteiger partial charge is 0.180 e. The topological polar surface area (TPSA) is 56.8 Å². The van der Waals surface area contributed by atoms with E-state index in [2.05, 4.69) is 5.32 Å². The molecule has 1 aliphatic rings. The van der Waals surface area contributed by atoms with Gasteiger partial charge in [-0.1, -0.05) is 0 Å². The molecule has 0 radical (unpaired) electrons. The van der Waals surface area contributed by atoms with Crippen molar-refractivity contribution >= 4 is 5.78 Å². The highest BCUT2D eigenvalue weighted by atomic mass is 16.5. The van der Waals surface area contributed by atoms with E-state index < -0.39 is 0 Å². The molecule has 1 N–H and O–H groups in total. The highest BCUT2D eigenvalue weighted by molar-refractivity contribution is 6.00. The average Bonchev–Trinajstić information content (AvgIpc) is 3.27. The molecule has 1 fully saturated rings. The molecule has 1 aromatic rings. The Labute approximate surface area is 112 Å². The molecule has 1 aliphatic carbocycles. The molecule has 0 spiro atoms. The summed E-state index contributed by atoms with van der Waals surface area (Å²) in [6.07, 6.45) is 2.30. The van der Waals surface area contributed by atoms with Gasteiger partial charge in [0.05, 0.1) is 33.4 Å². The van der Waals surface area contributed by atoms with Gasteiger partial charge in [0.25, 0.3) is 0 Å². The SMILES string of the molecule is COc1cc(OC)c(C(=O)CNC2CC2)cc1OC. The summed E-state index contributed by atoms with van der Waals surface area (Å²) < 4.78 is 15.6. The van der Waals surface area contributed by atoms with E-state index in [9.17, 15) is 4.79 Å². The summed E-state index contributed by atoms with van der Waals surface area (Å²) in [5.41, 5.74) is 0.508. The maximum Gasteiger partial charge on any atom is 0.180 e. The van der Waals surface area contributed by atoms with E-state index in [4.69, 9.17) is 14.2 Å². The lowest BCUT2D eigenvalue weighted by Crippen LogP contribution is -2.25. The van der Waals surface area contributed by atoms with Crippen molar-refractivity contribution in [3.8, 4) is 17.2 Å². The number of ketones is 1. The molecule has 0 aliphatic heterocycles. The molecule has 2 rings (SSSR count). The highest BCUT2D eigenvalue weighted by Gasteiger charge is 2.23. The van der Waals surface area contributed by atoms with E-state index >= 15 is 0 Å². The van der Waals surface area contributed by atoms with Crippen LogP contribution >= 0.6 is 0 Å². The maximum atomic E-state index is 12.2. The van der Waals surface area contributed by atoms with Crippen molar-refractivity contribution in [3.63, 3.8) is 0 Å². The first-order valence-corrected chi connectivity index (χ1v) is 6.26. The summed E-state index contributed by atoms with van der Waals surface area (Å²) in [7, 11) is 4.63. The predicted molar refractivity (Wildman–Crippen MR) is 71.5 cm³/mol. The van der Waals surface area contributed by atoms with Crippen molar-refractivity contribution in [2.75, 3.05) is 27.9 Å². The van der Waals surface area contributed by atoms with Crippen LogP contribution in [0.15, 0.2) is 12.1 Å². The number of hydrogen-bond acceptors (Lipinski definition) is 5. The fraction of sp³-hybridized carbons (Fsp3) is 0.500. The number of rotatable bonds is 7. The van der Waals surface area contributed by atoms with Crippen LogP contribution in [0.1, 0.15) is 23.2 Å². The van der Waals surface area contributed by atoms with E-state index in [0.717, 1.165) is 12.8 Å². The number of nitrogens with one attached hydrogen (secondary N) is 1. The summed E-state index contributed by atoms with van der Waals surface area (Å²) in [5, 5.41) is 3.20. The minimum atomic E-state index is -0.00953. The Kier molecular flexibility index (Phi) is 4.27. The fourth-order valence-electron chi connectivity index (χ4n) is 1.87. The molecule has 0 bridgehead atoms. The first kappa shape index (κ1) is 13.7. The fourth-order valence-corrected chi connectivity index (χ4v) is 1.87. The van der Waals surface area contributed by atoms with Crippen LogP contribution < -0.4 is 19.5 Å². The number of benzene rings is 1. The zero-order chi connectivity index (χ0) is 13.8. The molecule has 0 saturated heterocycles. The molecule has 104 valence electrons. The van der Waals surface area contributed by atoms with Gasteiger partial charge >= 0.3 is 0 Å². The van der Waals surface area contributed by atoms with Crippen LogP contribution in [0.3, 0.4) is 0 Å². The minimum absolute atomic E-state index is 0.00953. The largest absolute Gasteiger partial charge is 0.496 e. The number of Topliss-reactive ketones (excluding diaryl/α,β-unsaturated/α-hetero) is 1. The average molecular weight is 265 g/mol. The zero-order valence-electron chi connectivity index (χ0n) is 11.5. The molecule has 5 nitrogen and oxygen atoms in total. The Hall–Kier alpha value is -1.75. The normalized spacial score (nSPS) is 14.1. The quantitative estimate of drug-likeness (QED) is 0.760. The Bertz CT molecular complexity index is 469. The number of ether oxygens (including phenoxy) is 3. The van der Waals surface area contributed by atoms with Crippen LogP contribution in [0.5, 0.6) is 17.2 Å². The van der Waals surface area contributed by atoms with Gasteiger partial charge in [0.2, 0.25) is 0 Å². The molecule has 0 heterocycles. The molecule has 19 heavy (non-hydrogen) atoms. The molecule has 0 unspecified atom stereocenters. The number of carbonyl (C=O) groups is 1. The second-order valence-corrected chi connectivity index (χ2v) is 4.49. The van der Waals surface area contributed by atoms with Crippen molar-refractivity contribution < 1.29 is 19.0 Å². The Balaban J connectivity index is 2.22. The number of carbonyl (C=O) groups excluding carboxylic acids is 1. The van der Waals surface area contributed by atoms with E-state index in [1.165, 1.54) is 7.11 Å². The first-order chi connectivity index (χ1) is 9.19. The van der Waals surface area contributed by atoms with Crippen molar-refractivity contribution in [2.24, 2.45) is 0 Å². The standard InChI is InChI=1S/C14H19NO4/c1-17-12-7-14(19-3)13(18-2)6-10(12)11(16)8-15-9-4-5-9/h6-7,9,15H,4-5,8H2,1-3H3.